The SMILES string of the molecule is CCOC(=O)/C([O-])=C/c1cccc(Cl)c1[N+](=O)[O-].[K+]. The van der Waals surface area contributed by atoms with Gasteiger partial charge in [0.1, 0.15) is 5.02 Å². The van der Waals surface area contributed by atoms with Crippen LogP contribution in [0.25, 0.3) is 6.08 Å². The normalized spacial score (nSPS) is 10.5. The summed E-state index contributed by atoms with van der Waals surface area (Å²) in [4.78, 5) is 21.2. The monoisotopic (exact) mass is 309 g/mol. The van der Waals surface area contributed by atoms with Gasteiger partial charge in [0, 0.05) is 0 Å². The van der Waals surface area contributed by atoms with Gasteiger partial charge in [-0.2, -0.15) is 0 Å². The number of hydrogen-bond donors (Lipinski definition) is 0. The zero-order chi connectivity index (χ0) is 13.7. The molecule has 0 radical (unpaired) electrons. The molecule has 0 saturated carbocycles. The van der Waals surface area contributed by atoms with Crippen LogP contribution in [0.2, 0.25) is 5.02 Å². The van der Waals surface area contributed by atoms with E-state index in [2.05, 4.69) is 4.74 Å². The van der Waals surface area contributed by atoms with Crippen LogP contribution in [-0.2, 0) is 9.53 Å². The van der Waals surface area contributed by atoms with Gasteiger partial charge in [-0.25, -0.2) is 4.79 Å². The number of hydrogen-bond acceptors (Lipinski definition) is 5. The quantitative estimate of drug-likeness (QED) is 0.169. The third-order valence-electron chi connectivity index (χ3n) is 1.96. The maximum absolute atomic E-state index is 11.4. The van der Waals surface area contributed by atoms with Crippen molar-refractivity contribution >= 4 is 29.3 Å². The fourth-order valence-electron chi connectivity index (χ4n) is 1.24. The summed E-state index contributed by atoms with van der Waals surface area (Å²) in [5.41, 5.74) is -0.456. The van der Waals surface area contributed by atoms with Gasteiger partial charge in [0.15, 0.2) is 0 Å². The largest absolute Gasteiger partial charge is 1.00 e. The number of nitro benzene ring substituents is 1. The van der Waals surface area contributed by atoms with Gasteiger partial charge in [-0.15, -0.1) is 0 Å². The van der Waals surface area contributed by atoms with Crippen LogP contribution >= 0.6 is 11.6 Å². The summed E-state index contributed by atoms with van der Waals surface area (Å²) in [5, 5.41) is 22.1. The first-order valence-corrected chi connectivity index (χ1v) is 5.34. The van der Waals surface area contributed by atoms with E-state index >= 15 is 0 Å². The molecule has 0 fully saturated rings. The second kappa shape index (κ2) is 8.67. The Morgan fingerprint density at radius 1 is 1.53 bits per heavy atom. The van der Waals surface area contributed by atoms with Crippen molar-refractivity contribution < 1.29 is 70.9 Å². The predicted molar refractivity (Wildman–Crippen MR) is 62.7 cm³/mol. The summed E-state index contributed by atoms with van der Waals surface area (Å²) in [5.74, 6) is -2.03. The second-order valence-electron chi connectivity index (χ2n) is 3.16. The van der Waals surface area contributed by atoms with Crippen molar-refractivity contribution in [3.05, 3.63) is 44.7 Å². The molecule has 19 heavy (non-hydrogen) atoms. The summed E-state index contributed by atoms with van der Waals surface area (Å²) < 4.78 is 4.48. The average Bonchev–Trinajstić information content (AvgIpc) is 2.28. The molecule has 6 nitrogen and oxygen atoms in total. The van der Waals surface area contributed by atoms with Crippen molar-refractivity contribution in [2.24, 2.45) is 0 Å². The Hall–Kier alpha value is -0.444. The Kier molecular flexibility index (Phi) is 8.47. The molecular weight excluding hydrogens is 301 g/mol. The molecular formula is C11H9ClKNO5. The predicted octanol–water partition coefficient (Wildman–Crippen LogP) is -1.48. The van der Waals surface area contributed by atoms with Gasteiger partial charge >= 0.3 is 57.4 Å². The smallest absolute Gasteiger partial charge is 0.868 e. The molecule has 96 valence electrons. The van der Waals surface area contributed by atoms with Crippen molar-refractivity contribution in [2.45, 2.75) is 6.92 Å². The van der Waals surface area contributed by atoms with Crippen LogP contribution < -0.4 is 56.5 Å². The van der Waals surface area contributed by atoms with Crippen LogP contribution in [0.1, 0.15) is 12.5 Å². The number of benzene rings is 1. The molecule has 0 bridgehead atoms. The van der Waals surface area contributed by atoms with Gasteiger partial charge in [0.05, 0.1) is 17.1 Å². The number of para-hydroxylation sites is 1. The van der Waals surface area contributed by atoms with E-state index in [0.717, 1.165) is 6.08 Å². The summed E-state index contributed by atoms with van der Waals surface area (Å²) >= 11 is 5.66. The van der Waals surface area contributed by atoms with Gasteiger partial charge in [-0.05, 0) is 30.9 Å². The van der Waals surface area contributed by atoms with E-state index in [1.165, 1.54) is 18.2 Å². The summed E-state index contributed by atoms with van der Waals surface area (Å²) in [6.45, 7) is 1.60. The molecule has 1 aromatic carbocycles. The Balaban J connectivity index is 0.00000324. The number of rotatable bonds is 4. The molecule has 0 saturated heterocycles. The Morgan fingerprint density at radius 3 is 2.68 bits per heavy atom. The summed E-state index contributed by atoms with van der Waals surface area (Å²) in [6, 6.07) is 4.09. The van der Waals surface area contributed by atoms with E-state index in [9.17, 15) is 20.0 Å². The van der Waals surface area contributed by atoms with Gasteiger partial charge in [0.2, 0.25) is 0 Å². The molecule has 8 heteroatoms. The van der Waals surface area contributed by atoms with Crippen LogP contribution in [0.4, 0.5) is 5.69 Å². The number of halogens is 1. The number of nitrogens with zero attached hydrogens (tertiary/aromatic N) is 1. The molecule has 0 unspecified atom stereocenters. The van der Waals surface area contributed by atoms with Crippen LogP contribution in [0, 0.1) is 10.1 Å². The van der Waals surface area contributed by atoms with E-state index in [-0.39, 0.29) is 68.6 Å². The minimum Gasteiger partial charge on any atom is -0.868 e. The average molecular weight is 310 g/mol. The first kappa shape index (κ1) is 18.6. The first-order valence-electron chi connectivity index (χ1n) is 4.96. The maximum atomic E-state index is 11.4. The van der Waals surface area contributed by atoms with Crippen LogP contribution in [-0.4, -0.2) is 17.5 Å². The zero-order valence-corrected chi connectivity index (χ0v) is 14.3. The van der Waals surface area contributed by atoms with Crippen LogP contribution in [0.15, 0.2) is 24.0 Å². The number of ether oxygens (including phenoxy) is 1. The van der Waals surface area contributed by atoms with Crippen molar-refractivity contribution in [3.63, 3.8) is 0 Å². The Bertz CT molecular complexity index is 518. The minimum atomic E-state index is -1.06. The molecule has 0 aliphatic carbocycles. The van der Waals surface area contributed by atoms with Crippen LogP contribution in [0.3, 0.4) is 0 Å². The standard InChI is InChI=1S/C11H10ClNO5.K/c1-2-18-11(15)9(14)6-7-4-3-5-8(12)10(7)13(16)17;/h3-6,14H,2H2,1H3;/q;+1/p-1/b9-6-;. The minimum absolute atomic E-state index is 0. The topological polar surface area (TPSA) is 92.5 Å². The van der Waals surface area contributed by atoms with E-state index in [1.807, 2.05) is 0 Å². The molecule has 0 aromatic heterocycles. The summed E-state index contributed by atoms with van der Waals surface area (Å²) in [7, 11) is 0. The fourth-order valence-corrected chi connectivity index (χ4v) is 1.49. The molecule has 0 N–H and O–H groups in total. The second-order valence-corrected chi connectivity index (χ2v) is 3.57. The van der Waals surface area contributed by atoms with Crippen molar-refractivity contribution in [2.75, 3.05) is 6.61 Å². The van der Waals surface area contributed by atoms with Crippen molar-refractivity contribution in [1.29, 1.82) is 0 Å². The van der Waals surface area contributed by atoms with Crippen molar-refractivity contribution in [3.8, 4) is 0 Å². The molecule has 0 spiro atoms. The van der Waals surface area contributed by atoms with Gasteiger partial charge in [0.25, 0.3) is 5.69 Å². The third kappa shape index (κ3) is 5.21. The van der Waals surface area contributed by atoms with Gasteiger partial charge in [-0.1, -0.05) is 17.7 Å². The van der Waals surface area contributed by atoms with Gasteiger partial charge in [-0.3, -0.25) is 10.1 Å². The Morgan fingerprint density at radius 2 is 2.16 bits per heavy atom. The van der Waals surface area contributed by atoms with E-state index in [4.69, 9.17) is 11.6 Å². The van der Waals surface area contributed by atoms with Gasteiger partial charge < -0.3 is 9.84 Å². The molecule has 0 aliphatic heterocycles. The number of carbonyl (C=O) groups is 1. The molecule has 1 rings (SSSR count). The molecule has 0 amide bonds. The zero-order valence-electron chi connectivity index (χ0n) is 10.4. The van der Waals surface area contributed by atoms with E-state index in [0.29, 0.717) is 0 Å². The summed E-state index contributed by atoms with van der Waals surface area (Å²) in [6.07, 6.45) is 0.835. The third-order valence-corrected chi connectivity index (χ3v) is 2.27. The molecule has 0 heterocycles. The number of nitro groups is 1. The molecule has 0 aliphatic rings. The maximum Gasteiger partial charge on any atom is 1.00 e. The molecule has 1 aromatic rings. The fraction of sp³-hybridized carbons (Fsp3) is 0.182. The van der Waals surface area contributed by atoms with E-state index < -0.39 is 22.3 Å². The van der Waals surface area contributed by atoms with E-state index in [1.54, 1.807) is 6.92 Å². The van der Waals surface area contributed by atoms with Crippen LogP contribution in [0.5, 0.6) is 0 Å². The van der Waals surface area contributed by atoms with Crippen molar-refractivity contribution in [1.82, 2.24) is 0 Å². The number of carbonyl (C=O) groups excluding carboxylic acids is 1. The molecule has 0 atom stereocenters. The Labute approximate surface area is 157 Å². The first-order chi connectivity index (χ1) is 8.47. The number of esters is 1.